The summed E-state index contributed by atoms with van der Waals surface area (Å²) in [5, 5.41) is 1.18. The predicted octanol–water partition coefficient (Wildman–Crippen LogP) is 2.44. The Labute approximate surface area is 93.4 Å². The molecule has 0 fully saturated rings. The fourth-order valence-corrected chi connectivity index (χ4v) is 2.55. The van der Waals surface area contributed by atoms with Gasteiger partial charge in [0.25, 0.3) is 0 Å². The van der Waals surface area contributed by atoms with Gasteiger partial charge in [-0.05, 0) is 30.9 Å². The number of aromatic nitrogens is 1. The zero-order chi connectivity index (χ0) is 11.1. The summed E-state index contributed by atoms with van der Waals surface area (Å²) < 4.78 is 4.79. The van der Waals surface area contributed by atoms with Gasteiger partial charge in [-0.2, -0.15) is 0 Å². The molecule has 1 heterocycles. The van der Waals surface area contributed by atoms with Crippen LogP contribution in [-0.4, -0.2) is 18.1 Å². The lowest BCUT2D eigenvalue weighted by Crippen LogP contribution is -2.01. The number of hydrogen-bond donors (Lipinski definition) is 1. The SMILES string of the molecule is COC(=O)c1cccc2c3c([nH]c12)CCC3. The highest BCUT2D eigenvalue weighted by atomic mass is 16.5. The number of para-hydroxylation sites is 1. The van der Waals surface area contributed by atoms with Crippen molar-refractivity contribution in [3.8, 4) is 0 Å². The molecule has 16 heavy (non-hydrogen) atoms. The monoisotopic (exact) mass is 215 g/mol. The minimum Gasteiger partial charge on any atom is -0.465 e. The number of esters is 1. The molecule has 1 aromatic heterocycles. The van der Waals surface area contributed by atoms with Crippen molar-refractivity contribution in [3.63, 3.8) is 0 Å². The van der Waals surface area contributed by atoms with Gasteiger partial charge in [-0.1, -0.05) is 12.1 Å². The summed E-state index contributed by atoms with van der Waals surface area (Å²) in [6.45, 7) is 0. The van der Waals surface area contributed by atoms with Gasteiger partial charge in [0.1, 0.15) is 0 Å². The Morgan fingerprint density at radius 3 is 3.06 bits per heavy atom. The molecule has 1 aliphatic rings. The number of methoxy groups -OCH3 is 1. The first kappa shape index (κ1) is 9.46. The van der Waals surface area contributed by atoms with Crippen molar-refractivity contribution in [2.24, 2.45) is 0 Å². The van der Waals surface area contributed by atoms with Gasteiger partial charge >= 0.3 is 5.97 Å². The lowest BCUT2D eigenvalue weighted by Gasteiger charge is -2.01. The van der Waals surface area contributed by atoms with Gasteiger partial charge in [-0.3, -0.25) is 0 Å². The van der Waals surface area contributed by atoms with Crippen molar-refractivity contribution in [1.29, 1.82) is 0 Å². The molecule has 3 heteroatoms. The Morgan fingerprint density at radius 2 is 2.25 bits per heavy atom. The first-order valence-electron chi connectivity index (χ1n) is 5.52. The molecule has 0 saturated carbocycles. The summed E-state index contributed by atoms with van der Waals surface area (Å²) in [7, 11) is 1.41. The van der Waals surface area contributed by atoms with Crippen molar-refractivity contribution in [1.82, 2.24) is 4.98 Å². The number of ether oxygens (including phenoxy) is 1. The topological polar surface area (TPSA) is 42.1 Å². The molecular weight excluding hydrogens is 202 g/mol. The van der Waals surface area contributed by atoms with Gasteiger partial charge in [0.15, 0.2) is 0 Å². The third kappa shape index (κ3) is 1.18. The number of benzene rings is 1. The maximum absolute atomic E-state index is 11.6. The van der Waals surface area contributed by atoms with Crippen LogP contribution in [0.3, 0.4) is 0 Å². The minimum absolute atomic E-state index is 0.273. The fourth-order valence-electron chi connectivity index (χ4n) is 2.55. The molecule has 0 amide bonds. The normalized spacial score (nSPS) is 14.1. The standard InChI is InChI=1S/C13H13NO2/c1-16-13(15)10-6-2-5-9-8-4-3-7-11(8)14-12(9)10/h2,5-6,14H,3-4,7H2,1H3. The summed E-state index contributed by atoms with van der Waals surface area (Å²) in [6.07, 6.45) is 3.41. The van der Waals surface area contributed by atoms with E-state index in [9.17, 15) is 4.79 Å². The second kappa shape index (κ2) is 3.37. The van der Waals surface area contributed by atoms with Crippen LogP contribution in [0.4, 0.5) is 0 Å². The van der Waals surface area contributed by atoms with Gasteiger partial charge in [0.05, 0.1) is 18.2 Å². The number of H-pyrrole nitrogens is 1. The molecule has 1 aliphatic carbocycles. The summed E-state index contributed by atoms with van der Waals surface area (Å²) in [4.78, 5) is 15.0. The van der Waals surface area contributed by atoms with Crippen molar-refractivity contribution in [2.45, 2.75) is 19.3 Å². The number of aromatic amines is 1. The van der Waals surface area contributed by atoms with Crippen molar-refractivity contribution in [2.75, 3.05) is 7.11 Å². The largest absolute Gasteiger partial charge is 0.465 e. The lowest BCUT2D eigenvalue weighted by atomic mass is 10.1. The van der Waals surface area contributed by atoms with E-state index in [2.05, 4.69) is 11.1 Å². The molecule has 2 aromatic rings. The average molecular weight is 215 g/mol. The fraction of sp³-hybridized carbons (Fsp3) is 0.308. The van der Waals surface area contributed by atoms with Crippen LogP contribution in [0.25, 0.3) is 10.9 Å². The van der Waals surface area contributed by atoms with E-state index in [-0.39, 0.29) is 5.97 Å². The zero-order valence-electron chi connectivity index (χ0n) is 9.17. The van der Waals surface area contributed by atoms with Gasteiger partial charge in [-0.15, -0.1) is 0 Å². The Balaban J connectivity index is 2.28. The third-order valence-electron chi connectivity index (χ3n) is 3.29. The smallest absolute Gasteiger partial charge is 0.339 e. The van der Waals surface area contributed by atoms with Crippen LogP contribution in [-0.2, 0) is 17.6 Å². The summed E-state index contributed by atoms with van der Waals surface area (Å²) in [6, 6.07) is 5.79. The van der Waals surface area contributed by atoms with Gasteiger partial charge < -0.3 is 9.72 Å². The van der Waals surface area contributed by atoms with Gasteiger partial charge in [0, 0.05) is 11.1 Å². The van der Waals surface area contributed by atoms with Crippen LogP contribution < -0.4 is 0 Å². The molecule has 0 radical (unpaired) electrons. The van der Waals surface area contributed by atoms with Crippen molar-refractivity contribution in [3.05, 3.63) is 35.0 Å². The van der Waals surface area contributed by atoms with E-state index in [0.29, 0.717) is 5.56 Å². The van der Waals surface area contributed by atoms with E-state index in [1.807, 2.05) is 6.07 Å². The highest BCUT2D eigenvalue weighted by Crippen LogP contribution is 2.31. The molecule has 1 N–H and O–H groups in total. The van der Waals surface area contributed by atoms with E-state index in [4.69, 9.17) is 4.74 Å². The molecular formula is C13H13NO2. The van der Waals surface area contributed by atoms with Crippen LogP contribution in [0.1, 0.15) is 28.0 Å². The van der Waals surface area contributed by atoms with Crippen molar-refractivity contribution < 1.29 is 9.53 Å². The van der Waals surface area contributed by atoms with E-state index < -0.39 is 0 Å². The molecule has 3 nitrogen and oxygen atoms in total. The summed E-state index contributed by atoms with van der Waals surface area (Å²) in [5.74, 6) is -0.273. The Kier molecular flexibility index (Phi) is 1.99. The van der Waals surface area contributed by atoms with Gasteiger partial charge in [0.2, 0.25) is 0 Å². The van der Waals surface area contributed by atoms with Crippen LogP contribution in [0.15, 0.2) is 18.2 Å². The second-order valence-corrected chi connectivity index (χ2v) is 4.16. The van der Waals surface area contributed by atoms with Crippen LogP contribution in [0, 0.1) is 0 Å². The van der Waals surface area contributed by atoms with Crippen LogP contribution in [0.2, 0.25) is 0 Å². The Bertz CT molecular complexity index is 569. The molecule has 82 valence electrons. The van der Waals surface area contributed by atoms with E-state index in [0.717, 1.165) is 18.4 Å². The molecule has 0 aliphatic heterocycles. The molecule has 0 atom stereocenters. The number of nitrogens with one attached hydrogen (secondary N) is 1. The van der Waals surface area contributed by atoms with Gasteiger partial charge in [-0.25, -0.2) is 4.79 Å². The Morgan fingerprint density at radius 1 is 1.38 bits per heavy atom. The van der Waals surface area contributed by atoms with Crippen LogP contribution in [0.5, 0.6) is 0 Å². The van der Waals surface area contributed by atoms with Crippen LogP contribution >= 0.6 is 0 Å². The molecule has 1 aromatic carbocycles. The minimum atomic E-state index is -0.273. The maximum Gasteiger partial charge on any atom is 0.339 e. The number of carbonyl (C=O) groups is 1. The first-order chi connectivity index (χ1) is 7.81. The summed E-state index contributed by atoms with van der Waals surface area (Å²) in [5.41, 5.74) is 4.22. The second-order valence-electron chi connectivity index (χ2n) is 4.16. The molecule has 0 saturated heterocycles. The quantitative estimate of drug-likeness (QED) is 0.742. The number of fused-ring (bicyclic) bond motifs is 3. The van der Waals surface area contributed by atoms with E-state index >= 15 is 0 Å². The number of rotatable bonds is 1. The lowest BCUT2D eigenvalue weighted by molar-refractivity contribution is 0.0603. The number of hydrogen-bond acceptors (Lipinski definition) is 2. The summed E-state index contributed by atoms with van der Waals surface area (Å²) >= 11 is 0. The van der Waals surface area contributed by atoms with E-state index in [1.54, 1.807) is 6.07 Å². The molecule has 3 rings (SSSR count). The zero-order valence-corrected chi connectivity index (χ0v) is 9.17. The van der Waals surface area contributed by atoms with Crippen molar-refractivity contribution >= 4 is 16.9 Å². The Hall–Kier alpha value is -1.77. The highest BCUT2D eigenvalue weighted by Gasteiger charge is 2.20. The average Bonchev–Trinajstić information content (AvgIpc) is 2.87. The maximum atomic E-state index is 11.6. The molecule has 0 spiro atoms. The molecule has 0 bridgehead atoms. The number of aryl methyl sites for hydroxylation is 2. The predicted molar refractivity (Wildman–Crippen MR) is 61.7 cm³/mol. The third-order valence-corrected chi connectivity index (χ3v) is 3.29. The number of carbonyl (C=O) groups excluding carboxylic acids is 1. The highest BCUT2D eigenvalue weighted by molar-refractivity contribution is 6.04. The molecule has 0 unspecified atom stereocenters. The van der Waals surface area contributed by atoms with E-state index in [1.165, 1.54) is 30.2 Å². The first-order valence-corrected chi connectivity index (χ1v) is 5.52.